The van der Waals surface area contributed by atoms with Crippen molar-refractivity contribution in [1.29, 1.82) is 5.41 Å². The van der Waals surface area contributed by atoms with Crippen molar-refractivity contribution < 1.29 is 15.0 Å². The highest BCUT2D eigenvalue weighted by molar-refractivity contribution is 6.16. The molecule has 1 amide bonds. The van der Waals surface area contributed by atoms with E-state index in [4.69, 9.17) is 5.41 Å². The van der Waals surface area contributed by atoms with Crippen LogP contribution < -0.4 is 0 Å². The summed E-state index contributed by atoms with van der Waals surface area (Å²) in [5.41, 5.74) is 2.04. The van der Waals surface area contributed by atoms with Gasteiger partial charge in [0.1, 0.15) is 11.4 Å². The average molecular weight is 455 g/mol. The van der Waals surface area contributed by atoms with Crippen molar-refractivity contribution in [3.8, 4) is 0 Å². The number of rotatable bonds is 6. The number of hydrogen-bond donors (Lipinski definition) is 3. The monoisotopic (exact) mass is 454 g/mol. The lowest BCUT2D eigenvalue weighted by Crippen LogP contribution is -2.46. The van der Waals surface area contributed by atoms with Crippen LogP contribution in [0.15, 0.2) is 90.5 Å². The second-order valence-corrected chi connectivity index (χ2v) is 8.84. The van der Waals surface area contributed by atoms with Gasteiger partial charge in [0.05, 0.1) is 5.57 Å². The average Bonchev–Trinajstić information content (AvgIpc) is 2.90. The molecule has 0 aromatic heterocycles. The number of carbonyl (C=O) groups is 1. The van der Waals surface area contributed by atoms with Gasteiger partial charge in [0.25, 0.3) is 5.91 Å². The first kappa shape index (κ1) is 23.5. The van der Waals surface area contributed by atoms with E-state index < -0.39 is 5.60 Å². The molecule has 0 saturated carbocycles. The zero-order valence-electron chi connectivity index (χ0n) is 19.3. The van der Waals surface area contributed by atoms with Crippen LogP contribution >= 0.6 is 0 Å². The number of aliphatic hydroxyl groups is 2. The highest BCUT2D eigenvalue weighted by atomic mass is 16.3. The molecule has 5 heteroatoms. The van der Waals surface area contributed by atoms with Crippen LogP contribution in [0.3, 0.4) is 0 Å². The Bertz CT molecular complexity index is 1120. The molecular weight excluding hydrogens is 424 g/mol. The molecule has 3 N–H and O–H groups in total. The standard InChI is InChI=1S/C29H30N2O3/c1-21-12-14-22(15-13-21)27(32)26(20-30)28(33)31-18-16-25(17-19-31)29(34,23-8-4-2-5-9-23)24-10-6-3-7-11-24/h2-15,20,25,30,32,34H,16-19H2,1H3/b27-26+,30-20?. The second-order valence-electron chi connectivity index (χ2n) is 8.84. The summed E-state index contributed by atoms with van der Waals surface area (Å²) in [7, 11) is 0. The Morgan fingerprint density at radius 1 is 0.912 bits per heavy atom. The Balaban J connectivity index is 1.56. The maximum atomic E-state index is 13.2. The van der Waals surface area contributed by atoms with Crippen LogP contribution in [-0.4, -0.2) is 40.3 Å². The third kappa shape index (κ3) is 4.52. The van der Waals surface area contributed by atoms with Gasteiger partial charge in [-0.15, -0.1) is 0 Å². The number of aliphatic hydroxyl groups excluding tert-OH is 1. The van der Waals surface area contributed by atoms with Crippen LogP contribution in [0, 0.1) is 18.3 Å². The second kappa shape index (κ2) is 10.1. The number of amides is 1. The summed E-state index contributed by atoms with van der Waals surface area (Å²) in [6.07, 6.45) is 2.12. The van der Waals surface area contributed by atoms with E-state index in [2.05, 4.69) is 0 Å². The minimum absolute atomic E-state index is 0.0244. The number of carbonyl (C=O) groups excluding carboxylic acids is 1. The first-order valence-electron chi connectivity index (χ1n) is 11.6. The predicted octanol–water partition coefficient (Wildman–Crippen LogP) is 5.09. The predicted molar refractivity (Wildman–Crippen MR) is 135 cm³/mol. The molecule has 1 fully saturated rings. The highest BCUT2D eigenvalue weighted by Gasteiger charge is 2.42. The number of benzene rings is 3. The van der Waals surface area contributed by atoms with Gasteiger partial charge in [-0.1, -0.05) is 90.5 Å². The topological polar surface area (TPSA) is 84.6 Å². The largest absolute Gasteiger partial charge is 0.506 e. The molecule has 0 radical (unpaired) electrons. The maximum absolute atomic E-state index is 13.2. The molecule has 4 rings (SSSR count). The summed E-state index contributed by atoms with van der Waals surface area (Å²) in [5.74, 6) is -0.638. The van der Waals surface area contributed by atoms with Crippen LogP contribution in [0.25, 0.3) is 5.76 Å². The van der Waals surface area contributed by atoms with E-state index in [1.54, 1.807) is 17.0 Å². The normalized spacial score (nSPS) is 15.5. The molecule has 0 atom stereocenters. The first-order valence-corrected chi connectivity index (χ1v) is 11.6. The van der Waals surface area contributed by atoms with E-state index in [1.165, 1.54) is 0 Å². The van der Waals surface area contributed by atoms with Gasteiger partial charge < -0.3 is 20.5 Å². The summed E-state index contributed by atoms with van der Waals surface area (Å²) < 4.78 is 0. The number of hydrogen-bond acceptors (Lipinski definition) is 4. The van der Waals surface area contributed by atoms with E-state index in [1.807, 2.05) is 79.7 Å². The lowest BCUT2D eigenvalue weighted by Gasteiger charge is -2.42. The van der Waals surface area contributed by atoms with E-state index >= 15 is 0 Å². The molecule has 3 aromatic rings. The summed E-state index contributed by atoms with van der Waals surface area (Å²) in [4.78, 5) is 14.9. The first-order chi connectivity index (χ1) is 16.4. The third-order valence-corrected chi connectivity index (χ3v) is 6.76. The van der Waals surface area contributed by atoms with Crippen molar-refractivity contribution in [2.75, 3.05) is 13.1 Å². The fourth-order valence-corrected chi connectivity index (χ4v) is 4.79. The highest BCUT2D eigenvalue weighted by Crippen LogP contribution is 2.42. The molecule has 0 unspecified atom stereocenters. The molecular formula is C29H30N2O3. The number of nitrogens with one attached hydrogen (secondary N) is 1. The summed E-state index contributed by atoms with van der Waals surface area (Å²) in [6, 6.07) is 26.6. The van der Waals surface area contributed by atoms with Gasteiger partial charge in [-0.25, -0.2) is 0 Å². The number of aryl methyl sites for hydroxylation is 1. The summed E-state index contributed by atoms with van der Waals surface area (Å²) in [6.45, 7) is 2.82. The van der Waals surface area contributed by atoms with Crippen LogP contribution in [0.1, 0.15) is 35.1 Å². The molecule has 0 bridgehead atoms. The zero-order chi connectivity index (χ0) is 24.1. The maximum Gasteiger partial charge on any atom is 0.259 e. The number of piperidine rings is 1. The van der Waals surface area contributed by atoms with Crippen molar-refractivity contribution in [3.63, 3.8) is 0 Å². The molecule has 0 aliphatic carbocycles. The molecule has 3 aromatic carbocycles. The van der Waals surface area contributed by atoms with E-state index in [-0.39, 0.29) is 23.2 Å². The van der Waals surface area contributed by atoms with Gasteiger partial charge in [0.2, 0.25) is 0 Å². The Kier molecular flexibility index (Phi) is 6.94. The lowest BCUT2D eigenvalue weighted by molar-refractivity contribution is -0.129. The SMILES string of the molecule is Cc1ccc(/C(O)=C(/C=N)C(=O)N2CCC(C(O)(c3ccccc3)c3ccccc3)CC2)cc1. The van der Waals surface area contributed by atoms with Crippen LogP contribution in [0.4, 0.5) is 0 Å². The van der Waals surface area contributed by atoms with E-state index in [9.17, 15) is 15.0 Å². The lowest BCUT2D eigenvalue weighted by atomic mass is 9.72. The Morgan fingerprint density at radius 2 is 1.41 bits per heavy atom. The number of likely N-dealkylation sites (tertiary alicyclic amines) is 1. The molecule has 0 spiro atoms. The fraction of sp³-hybridized carbons (Fsp3) is 0.241. The smallest absolute Gasteiger partial charge is 0.259 e. The van der Waals surface area contributed by atoms with Crippen molar-refractivity contribution >= 4 is 17.9 Å². The van der Waals surface area contributed by atoms with E-state index in [0.717, 1.165) is 22.9 Å². The summed E-state index contributed by atoms with van der Waals surface area (Å²) >= 11 is 0. The van der Waals surface area contributed by atoms with Gasteiger partial charge in [-0.05, 0) is 36.8 Å². The summed E-state index contributed by atoms with van der Waals surface area (Å²) in [5, 5.41) is 30.5. The molecule has 34 heavy (non-hydrogen) atoms. The molecule has 1 saturated heterocycles. The van der Waals surface area contributed by atoms with Gasteiger partial charge in [-0.3, -0.25) is 4.79 Å². The number of nitrogens with zero attached hydrogens (tertiary/aromatic N) is 1. The van der Waals surface area contributed by atoms with Crippen LogP contribution in [-0.2, 0) is 10.4 Å². The molecule has 1 aliphatic rings. The third-order valence-electron chi connectivity index (χ3n) is 6.76. The van der Waals surface area contributed by atoms with Crippen LogP contribution in [0.5, 0.6) is 0 Å². The van der Waals surface area contributed by atoms with Gasteiger partial charge in [0.15, 0.2) is 0 Å². The Morgan fingerprint density at radius 3 is 1.88 bits per heavy atom. The Labute approximate surface area is 200 Å². The van der Waals surface area contributed by atoms with E-state index in [0.29, 0.717) is 31.5 Å². The van der Waals surface area contributed by atoms with Crippen molar-refractivity contribution in [3.05, 3.63) is 113 Å². The van der Waals surface area contributed by atoms with Gasteiger partial charge in [-0.2, -0.15) is 0 Å². The minimum Gasteiger partial charge on any atom is -0.506 e. The fourth-order valence-electron chi connectivity index (χ4n) is 4.79. The van der Waals surface area contributed by atoms with Gasteiger partial charge >= 0.3 is 0 Å². The zero-order valence-corrected chi connectivity index (χ0v) is 19.3. The van der Waals surface area contributed by atoms with Crippen molar-refractivity contribution in [2.45, 2.75) is 25.4 Å². The van der Waals surface area contributed by atoms with Crippen molar-refractivity contribution in [2.24, 2.45) is 5.92 Å². The molecule has 1 heterocycles. The molecule has 5 nitrogen and oxygen atoms in total. The molecule has 1 aliphatic heterocycles. The van der Waals surface area contributed by atoms with Crippen molar-refractivity contribution in [1.82, 2.24) is 4.90 Å². The molecule has 174 valence electrons. The minimum atomic E-state index is -1.16. The van der Waals surface area contributed by atoms with Gasteiger partial charge in [0, 0.05) is 24.9 Å². The quantitative estimate of drug-likeness (QED) is 0.276. The van der Waals surface area contributed by atoms with Crippen LogP contribution in [0.2, 0.25) is 0 Å². The Hall–Kier alpha value is -3.70.